The minimum Gasteiger partial charge on any atom is -0.487 e. The maximum absolute atomic E-state index is 13.7. The number of aromatic nitrogens is 2. The van der Waals surface area contributed by atoms with Gasteiger partial charge in [-0.05, 0) is 54.8 Å². The van der Waals surface area contributed by atoms with E-state index in [0.29, 0.717) is 18.2 Å². The molecule has 1 atom stereocenters. The van der Waals surface area contributed by atoms with Crippen molar-refractivity contribution in [3.05, 3.63) is 83.2 Å². The van der Waals surface area contributed by atoms with Crippen LogP contribution in [-0.2, 0) is 6.61 Å². The number of benzene rings is 2. The van der Waals surface area contributed by atoms with Gasteiger partial charge in [-0.1, -0.05) is 12.1 Å². The van der Waals surface area contributed by atoms with Crippen molar-refractivity contribution in [1.82, 2.24) is 9.97 Å². The van der Waals surface area contributed by atoms with Gasteiger partial charge in [0.25, 0.3) is 0 Å². The molecule has 0 aliphatic carbocycles. The van der Waals surface area contributed by atoms with E-state index in [1.807, 2.05) is 11.0 Å². The Labute approximate surface area is 171 Å². The smallest absolute Gasteiger partial charge is 0.339 e. The first-order valence-electron chi connectivity index (χ1n) is 9.51. The largest absolute Gasteiger partial charge is 0.487 e. The number of carboxylic acids is 1. The van der Waals surface area contributed by atoms with E-state index in [2.05, 4.69) is 9.97 Å². The summed E-state index contributed by atoms with van der Waals surface area (Å²) in [6.07, 6.45) is 2.95. The normalized spacial score (nSPS) is 15.9. The molecule has 1 saturated heterocycles. The van der Waals surface area contributed by atoms with Crippen LogP contribution in [0.25, 0.3) is 0 Å². The average molecular weight is 411 g/mol. The maximum Gasteiger partial charge on any atom is 0.339 e. The van der Waals surface area contributed by atoms with E-state index >= 15 is 0 Å². The van der Waals surface area contributed by atoms with E-state index < -0.39 is 11.8 Å². The summed E-state index contributed by atoms with van der Waals surface area (Å²) in [5, 5.41) is 9.48. The van der Waals surface area contributed by atoms with Crippen LogP contribution in [0.3, 0.4) is 0 Å². The zero-order chi connectivity index (χ0) is 21.1. The van der Waals surface area contributed by atoms with Crippen LogP contribution >= 0.6 is 0 Å². The van der Waals surface area contributed by atoms with Crippen LogP contribution in [0.15, 0.2) is 54.7 Å². The van der Waals surface area contributed by atoms with Gasteiger partial charge in [0.2, 0.25) is 5.95 Å². The first-order chi connectivity index (χ1) is 14.5. The number of nitrogens with zero attached hydrogens (tertiary/aromatic N) is 3. The summed E-state index contributed by atoms with van der Waals surface area (Å²) in [6, 6.07) is 11.7. The standard InChI is InChI=1S/C22H19F2N3O3/c23-15-6-8-17(9-7-15)30-13-19-18(21(28)29)12-25-22(26-19)27-10-2-5-20(27)14-3-1-4-16(24)11-14/h1,3-4,6-9,11-12,20H,2,5,10,13H2,(H,28,29)/t20-/m1/s1. The van der Waals surface area contributed by atoms with E-state index in [1.165, 1.54) is 42.6 Å². The summed E-state index contributed by atoms with van der Waals surface area (Å²) in [6.45, 7) is 0.563. The van der Waals surface area contributed by atoms with Crippen molar-refractivity contribution >= 4 is 11.9 Å². The van der Waals surface area contributed by atoms with Crippen molar-refractivity contribution in [2.45, 2.75) is 25.5 Å². The monoisotopic (exact) mass is 411 g/mol. The lowest BCUT2D eigenvalue weighted by molar-refractivity contribution is 0.0692. The quantitative estimate of drug-likeness (QED) is 0.649. The van der Waals surface area contributed by atoms with E-state index in [-0.39, 0.29) is 29.7 Å². The predicted octanol–water partition coefficient (Wildman–Crippen LogP) is 4.37. The van der Waals surface area contributed by atoms with Gasteiger partial charge in [-0.15, -0.1) is 0 Å². The molecule has 154 valence electrons. The van der Waals surface area contributed by atoms with Gasteiger partial charge in [-0.2, -0.15) is 0 Å². The number of hydrogen-bond acceptors (Lipinski definition) is 5. The molecule has 0 spiro atoms. The van der Waals surface area contributed by atoms with Crippen LogP contribution in [0.5, 0.6) is 5.75 Å². The molecule has 2 aromatic carbocycles. The molecule has 0 bridgehead atoms. The Morgan fingerprint density at radius 2 is 1.97 bits per heavy atom. The molecule has 8 heteroatoms. The third-order valence-electron chi connectivity index (χ3n) is 5.02. The average Bonchev–Trinajstić information content (AvgIpc) is 3.23. The second-order valence-electron chi connectivity index (χ2n) is 6.98. The summed E-state index contributed by atoms with van der Waals surface area (Å²) in [5.74, 6) is -1.11. The summed E-state index contributed by atoms with van der Waals surface area (Å²) < 4.78 is 32.3. The highest BCUT2D eigenvalue weighted by atomic mass is 19.1. The minimum absolute atomic E-state index is 0.0673. The van der Waals surface area contributed by atoms with E-state index in [4.69, 9.17) is 4.74 Å². The summed E-state index contributed by atoms with van der Waals surface area (Å²) in [4.78, 5) is 22.2. The number of halogens is 2. The van der Waals surface area contributed by atoms with Crippen LogP contribution in [-0.4, -0.2) is 27.6 Å². The summed E-state index contributed by atoms with van der Waals surface area (Å²) in [5.41, 5.74) is 0.964. The number of carbonyl (C=O) groups is 1. The molecule has 1 aliphatic heterocycles. The number of ether oxygens (including phenoxy) is 1. The fraction of sp³-hybridized carbons (Fsp3) is 0.227. The SMILES string of the molecule is O=C(O)c1cnc(N2CCC[C@@H]2c2cccc(F)c2)nc1COc1ccc(F)cc1. The second-order valence-corrected chi connectivity index (χ2v) is 6.98. The lowest BCUT2D eigenvalue weighted by atomic mass is 10.0. The minimum atomic E-state index is -1.16. The van der Waals surface area contributed by atoms with Crippen LogP contribution in [0.1, 0.15) is 40.5 Å². The lowest BCUT2D eigenvalue weighted by Crippen LogP contribution is -2.26. The van der Waals surface area contributed by atoms with Crippen molar-refractivity contribution in [3.63, 3.8) is 0 Å². The Balaban J connectivity index is 1.61. The maximum atomic E-state index is 13.7. The number of anilines is 1. The van der Waals surface area contributed by atoms with Gasteiger partial charge in [0.05, 0.1) is 11.7 Å². The number of rotatable bonds is 6. The molecule has 3 aromatic rings. The van der Waals surface area contributed by atoms with Crippen molar-refractivity contribution in [2.75, 3.05) is 11.4 Å². The second kappa shape index (κ2) is 8.44. The zero-order valence-corrected chi connectivity index (χ0v) is 16.0. The van der Waals surface area contributed by atoms with Crippen LogP contribution in [0.4, 0.5) is 14.7 Å². The van der Waals surface area contributed by atoms with E-state index in [0.717, 1.165) is 18.4 Å². The third-order valence-corrected chi connectivity index (χ3v) is 5.02. The molecule has 0 unspecified atom stereocenters. The zero-order valence-electron chi connectivity index (χ0n) is 16.0. The lowest BCUT2D eigenvalue weighted by Gasteiger charge is -2.25. The Morgan fingerprint density at radius 3 is 2.70 bits per heavy atom. The number of aromatic carboxylic acids is 1. The van der Waals surface area contributed by atoms with Crippen molar-refractivity contribution in [3.8, 4) is 5.75 Å². The molecule has 4 rings (SSSR count). The number of hydrogen-bond donors (Lipinski definition) is 1. The first kappa shape index (κ1) is 19.8. The van der Waals surface area contributed by atoms with Gasteiger partial charge in [0.1, 0.15) is 29.6 Å². The van der Waals surface area contributed by atoms with Crippen LogP contribution in [0.2, 0.25) is 0 Å². The molecule has 2 heterocycles. The molecular weight excluding hydrogens is 392 g/mol. The van der Waals surface area contributed by atoms with Crippen molar-refractivity contribution in [2.24, 2.45) is 0 Å². The van der Waals surface area contributed by atoms with E-state index in [9.17, 15) is 18.7 Å². The van der Waals surface area contributed by atoms with Crippen LogP contribution in [0, 0.1) is 11.6 Å². The molecule has 6 nitrogen and oxygen atoms in total. The Hall–Kier alpha value is -3.55. The molecule has 0 amide bonds. The fourth-order valence-corrected chi connectivity index (χ4v) is 3.58. The molecule has 1 N–H and O–H groups in total. The Bertz CT molecular complexity index is 1060. The Morgan fingerprint density at radius 1 is 1.17 bits per heavy atom. The highest BCUT2D eigenvalue weighted by molar-refractivity contribution is 5.88. The summed E-state index contributed by atoms with van der Waals surface area (Å²) in [7, 11) is 0. The molecule has 0 saturated carbocycles. The number of carboxylic acid groups (broad SMARTS) is 1. The van der Waals surface area contributed by atoms with Gasteiger partial charge >= 0.3 is 5.97 Å². The molecule has 30 heavy (non-hydrogen) atoms. The third kappa shape index (κ3) is 4.22. The van der Waals surface area contributed by atoms with Gasteiger partial charge in [-0.25, -0.2) is 23.5 Å². The highest BCUT2D eigenvalue weighted by Crippen LogP contribution is 2.35. The molecule has 1 aliphatic rings. The molecular formula is C22H19F2N3O3. The van der Waals surface area contributed by atoms with Gasteiger partial charge in [-0.3, -0.25) is 0 Å². The molecule has 0 radical (unpaired) electrons. The van der Waals surface area contributed by atoms with Crippen molar-refractivity contribution < 1.29 is 23.4 Å². The van der Waals surface area contributed by atoms with Crippen LogP contribution < -0.4 is 9.64 Å². The van der Waals surface area contributed by atoms with Crippen molar-refractivity contribution in [1.29, 1.82) is 0 Å². The Kier molecular flexibility index (Phi) is 5.56. The fourth-order valence-electron chi connectivity index (χ4n) is 3.58. The van der Waals surface area contributed by atoms with E-state index in [1.54, 1.807) is 6.07 Å². The topological polar surface area (TPSA) is 75.5 Å². The first-order valence-corrected chi connectivity index (χ1v) is 9.51. The van der Waals surface area contributed by atoms with Gasteiger partial charge in [0.15, 0.2) is 0 Å². The van der Waals surface area contributed by atoms with Gasteiger partial charge < -0.3 is 14.7 Å². The predicted molar refractivity (Wildman–Crippen MR) is 105 cm³/mol. The highest BCUT2D eigenvalue weighted by Gasteiger charge is 2.29. The molecule has 1 fully saturated rings. The molecule has 1 aromatic heterocycles. The van der Waals surface area contributed by atoms with Gasteiger partial charge in [0, 0.05) is 12.7 Å². The summed E-state index contributed by atoms with van der Waals surface area (Å²) >= 11 is 0.